The molecule has 0 aliphatic rings. The molecule has 9 heteroatoms. The Hall–Kier alpha value is -1.71. The van der Waals surface area contributed by atoms with Crippen molar-refractivity contribution in [2.24, 2.45) is 5.84 Å². The van der Waals surface area contributed by atoms with Gasteiger partial charge in [0, 0.05) is 16.2 Å². The highest BCUT2D eigenvalue weighted by molar-refractivity contribution is 9.10. The Bertz CT molecular complexity index is 744. The average Bonchev–Trinajstić information content (AvgIpc) is 2.43. The maximum Gasteiger partial charge on any atom is 0.262 e. The van der Waals surface area contributed by atoms with Crippen LogP contribution in [0.4, 0.5) is 20.2 Å². The van der Waals surface area contributed by atoms with Crippen molar-refractivity contribution in [2.45, 2.75) is 4.90 Å². The molecule has 0 unspecified atom stereocenters. The molecule has 21 heavy (non-hydrogen) atoms. The van der Waals surface area contributed by atoms with Crippen LogP contribution in [-0.4, -0.2) is 8.42 Å². The summed E-state index contributed by atoms with van der Waals surface area (Å²) in [6.45, 7) is 0. The predicted octanol–water partition coefficient (Wildman–Crippen LogP) is 2.81. The molecule has 0 aromatic heterocycles. The van der Waals surface area contributed by atoms with Gasteiger partial charge in [-0.25, -0.2) is 17.2 Å². The van der Waals surface area contributed by atoms with Crippen LogP contribution in [0.1, 0.15) is 0 Å². The molecule has 0 radical (unpaired) electrons. The van der Waals surface area contributed by atoms with Gasteiger partial charge < -0.3 is 5.43 Å². The van der Waals surface area contributed by atoms with Gasteiger partial charge in [0.1, 0.15) is 5.82 Å². The van der Waals surface area contributed by atoms with Crippen LogP contribution in [0.25, 0.3) is 0 Å². The van der Waals surface area contributed by atoms with E-state index in [1.54, 1.807) is 0 Å². The third-order valence-electron chi connectivity index (χ3n) is 2.57. The zero-order valence-corrected chi connectivity index (χ0v) is 12.8. The van der Waals surface area contributed by atoms with Crippen molar-refractivity contribution < 1.29 is 17.2 Å². The Balaban J connectivity index is 2.37. The van der Waals surface area contributed by atoms with E-state index in [0.717, 1.165) is 6.07 Å². The van der Waals surface area contributed by atoms with E-state index in [1.807, 2.05) is 0 Å². The predicted molar refractivity (Wildman–Crippen MR) is 79.1 cm³/mol. The fourth-order valence-electron chi connectivity index (χ4n) is 1.56. The molecule has 0 aliphatic carbocycles. The first-order valence-corrected chi connectivity index (χ1v) is 7.85. The van der Waals surface area contributed by atoms with Gasteiger partial charge in [-0.2, -0.15) is 0 Å². The second kappa shape index (κ2) is 5.96. The van der Waals surface area contributed by atoms with Gasteiger partial charge in [-0.3, -0.25) is 10.6 Å². The standard InChI is InChI=1S/C12H10BrF2N3O2S/c13-10-5-7(14)6-11(15)12(10)18-21(19,20)9-3-1-8(17-16)2-4-9/h1-6,17-18H,16H2. The van der Waals surface area contributed by atoms with Crippen molar-refractivity contribution in [3.8, 4) is 0 Å². The van der Waals surface area contributed by atoms with Crippen LogP contribution >= 0.6 is 15.9 Å². The van der Waals surface area contributed by atoms with Crippen LogP contribution in [0, 0.1) is 11.6 Å². The van der Waals surface area contributed by atoms with Crippen LogP contribution < -0.4 is 16.0 Å². The number of nitrogens with two attached hydrogens (primary N) is 1. The van der Waals surface area contributed by atoms with Crippen molar-refractivity contribution >= 4 is 37.3 Å². The number of halogens is 3. The lowest BCUT2D eigenvalue weighted by molar-refractivity contribution is 0.581. The Kier molecular flexibility index (Phi) is 4.45. The summed E-state index contributed by atoms with van der Waals surface area (Å²) in [5.41, 5.74) is 2.51. The van der Waals surface area contributed by atoms with Crippen LogP contribution in [0.15, 0.2) is 45.8 Å². The van der Waals surface area contributed by atoms with E-state index in [9.17, 15) is 17.2 Å². The number of anilines is 2. The highest BCUT2D eigenvalue weighted by atomic mass is 79.9. The van der Waals surface area contributed by atoms with Gasteiger partial charge in [0.15, 0.2) is 5.82 Å². The normalized spacial score (nSPS) is 11.2. The SMILES string of the molecule is NNc1ccc(S(=O)(=O)Nc2c(F)cc(F)cc2Br)cc1. The summed E-state index contributed by atoms with van der Waals surface area (Å²) in [5.74, 6) is 3.34. The van der Waals surface area contributed by atoms with E-state index in [1.165, 1.54) is 24.3 Å². The van der Waals surface area contributed by atoms with Crippen molar-refractivity contribution in [3.05, 3.63) is 52.5 Å². The van der Waals surface area contributed by atoms with Gasteiger partial charge in [-0.05, 0) is 46.3 Å². The number of sulfonamides is 1. The number of hydrogen-bond acceptors (Lipinski definition) is 4. The molecule has 0 bridgehead atoms. The number of hydrogen-bond donors (Lipinski definition) is 3. The molecule has 2 aromatic carbocycles. The Morgan fingerprint density at radius 1 is 1.10 bits per heavy atom. The maximum absolute atomic E-state index is 13.7. The first-order chi connectivity index (χ1) is 9.83. The van der Waals surface area contributed by atoms with Crippen molar-refractivity contribution in [1.29, 1.82) is 0 Å². The summed E-state index contributed by atoms with van der Waals surface area (Å²) in [5, 5.41) is 0. The van der Waals surface area contributed by atoms with Gasteiger partial charge >= 0.3 is 0 Å². The minimum absolute atomic E-state index is 0.0381. The van der Waals surface area contributed by atoms with Gasteiger partial charge in [-0.15, -0.1) is 0 Å². The second-order valence-electron chi connectivity index (χ2n) is 4.02. The fourth-order valence-corrected chi connectivity index (χ4v) is 3.29. The molecule has 0 saturated carbocycles. The topological polar surface area (TPSA) is 84.2 Å². The molecule has 5 nitrogen and oxygen atoms in total. The van der Waals surface area contributed by atoms with E-state index >= 15 is 0 Å². The number of rotatable bonds is 4. The minimum Gasteiger partial charge on any atom is -0.324 e. The first kappa shape index (κ1) is 15.7. The van der Waals surface area contributed by atoms with Crippen LogP contribution in [-0.2, 0) is 10.0 Å². The summed E-state index contributed by atoms with van der Waals surface area (Å²) in [6, 6.07) is 7.04. The summed E-state index contributed by atoms with van der Waals surface area (Å²) in [4.78, 5) is -0.0860. The lowest BCUT2D eigenvalue weighted by Crippen LogP contribution is -2.15. The third-order valence-corrected chi connectivity index (χ3v) is 4.57. The van der Waals surface area contributed by atoms with Gasteiger partial charge in [-0.1, -0.05) is 0 Å². The summed E-state index contributed by atoms with van der Waals surface area (Å²) in [7, 11) is -4.01. The Labute approximate surface area is 128 Å². The average molecular weight is 378 g/mol. The van der Waals surface area contributed by atoms with E-state index in [-0.39, 0.29) is 15.1 Å². The molecule has 0 atom stereocenters. The van der Waals surface area contributed by atoms with E-state index in [0.29, 0.717) is 11.8 Å². The largest absolute Gasteiger partial charge is 0.324 e. The summed E-state index contributed by atoms with van der Waals surface area (Å²) < 4.78 is 53.0. The summed E-state index contributed by atoms with van der Waals surface area (Å²) >= 11 is 2.91. The van der Waals surface area contributed by atoms with Crippen molar-refractivity contribution in [1.82, 2.24) is 0 Å². The lowest BCUT2D eigenvalue weighted by Gasteiger charge is -2.11. The molecule has 0 spiro atoms. The molecule has 0 fully saturated rings. The molecule has 2 aromatic rings. The zero-order valence-electron chi connectivity index (χ0n) is 10.4. The van der Waals surface area contributed by atoms with E-state index in [2.05, 4.69) is 26.1 Å². The maximum atomic E-state index is 13.7. The third kappa shape index (κ3) is 3.49. The molecule has 0 amide bonds. The minimum atomic E-state index is -4.01. The highest BCUT2D eigenvalue weighted by Crippen LogP contribution is 2.29. The van der Waals surface area contributed by atoms with Gasteiger partial charge in [0.25, 0.3) is 10.0 Å². The molecule has 4 N–H and O–H groups in total. The van der Waals surface area contributed by atoms with Gasteiger partial charge in [0.05, 0.1) is 10.6 Å². The smallest absolute Gasteiger partial charge is 0.262 e. The molecule has 0 heterocycles. The fraction of sp³-hybridized carbons (Fsp3) is 0. The molecular weight excluding hydrogens is 368 g/mol. The first-order valence-electron chi connectivity index (χ1n) is 5.57. The number of nitrogens with one attached hydrogen (secondary N) is 2. The zero-order chi connectivity index (χ0) is 15.6. The highest BCUT2D eigenvalue weighted by Gasteiger charge is 2.19. The molecule has 0 saturated heterocycles. The molecule has 112 valence electrons. The summed E-state index contributed by atoms with van der Waals surface area (Å²) in [6.07, 6.45) is 0. The van der Waals surface area contributed by atoms with Gasteiger partial charge in [0.2, 0.25) is 0 Å². The Morgan fingerprint density at radius 3 is 2.24 bits per heavy atom. The monoisotopic (exact) mass is 377 g/mol. The van der Waals surface area contributed by atoms with E-state index in [4.69, 9.17) is 5.84 Å². The second-order valence-corrected chi connectivity index (χ2v) is 6.56. The Morgan fingerprint density at radius 2 is 1.71 bits per heavy atom. The molecule has 2 rings (SSSR count). The number of hydrazine groups is 1. The number of benzene rings is 2. The van der Waals surface area contributed by atoms with Crippen molar-refractivity contribution in [3.63, 3.8) is 0 Å². The molecular formula is C12H10BrF2N3O2S. The van der Waals surface area contributed by atoms with Crippen molar-refractivity contribution in [2.75, 3.05) is 10.1 Å². The van der Waals surface area contributed by atoms with Crippen LogP contribution in [0.3, 0.4) is 0 Å². The van der Waals surface area contributed by atoms with E-state index < -0.39 is 21.7 Å². The lowest BCUT2D eigenvalue weighted by atomic mass is 10.3. The van der Waals surface area contributed by atoms with Crippen LogP contribution in [0.5, 0.6) is 0 Å². The number of nitrogen functional groups attached to an aromatic ring is 1. The molecule has 0 aliphatic heterocycles. The van der Waals surface area contributed by atoms with Crippen LogP contribution in [0.2, 0.25) is 0 Å². The quantitative estimate of drug-likeness (QED) is 0.564.